The number of morpholine rings is 1. The minimum atomic E-state index is -3.71. The van der Waals surface area contributed by atoms with Crippen LogP contribution in [0.4, 0.5) is 0 Å². The molecule has 2 fully saturated rings. The Bertz CT molecular complexity index is 1570. The van der Waals surface area contributed by atoms with Gasteiger partial charge in [0.1, 0.15) is 0 Å². The van der Waals surface area contributed by atoms with Crippen molar-refractivity contribution < 1.29 is 31.8 Å². The van der Waals surface area contributed by atoms with Crippen molar-refractivity contribution in [3.8, 4) is 16.9 Å². The highest BCUT2D eigenvalue weighted by atomic mass is 32.3. The third-order valence-electron chi connectivity index (χ3n) is 7.30. The topological polar surface area (TPSA) is 142 Å². The fraction of sp³-hybridized carbons (Fsp3) is 0.346. The molecule has 3 aromatic rings. The molecule has 3 aliphatic heterocycles. The Hall–Kier alpha value is -3.23. The minimum Gasteiger partial charge on any atom is -0.378 e. The maximum absolute atomic E-state index is 13.6. The lowest BCUT2D eigenvalue weighted by atomic mass is 10.0. The van der Waals surface area contributed by atoms with Crippen LogP contribution in [0.5, 0.6) is 0 Å². The van der Waals surface area contributed by atoms with Crippen LogP contribution in [0, 0.1) is 0 Å². The molecule has 3 aliphatic rings. The van der Waals surface area contributed by atoms with E-state index >= 15 is 0 Å². The average molecular weight is 573 g/mol. The maximum atomic E-state index is 13.6. The zero-order chi connectivity index (χ0) is 27.4. The van der Waals surface area contributed by atoms with Crippen LogP contribution in [0.25, 0.3) is 16.9 Å². The van der Waals surface area contributed by atoms with Crippen molar-refractivity contribution in [1.29, 1.82) is 0 Å². The molecule has 39 heavy (non-hydrogen) atoms. The summed E-state index contributed by atoms with van der Waals surface area (Å²) in [6.45, 7) is 2.04. The number of rotatable bonds is 3. The molecule has 0 saturated carbocycles. The largest absolute Gasteiger partial charge is 0.378 e. The number of aromatic nitrogens is 2. The van der Waals surface area contributed by atoms with Crippen LogP contribution < -0.4 is 0 Å². The summed E-state index contributed by atoms with van der Waals surface area (Å²) in [5.74, 6) is -0.682. The van der Waals surface area contributed by atoms with Crippen molar-refractivity contribution in [2.75, 3.05) is 50.9 Å². The summed E-state index contributed by atoms with van der Waals surface area (Å²) in [5, 5.41) is 4.67. The number of carbonyl (C=O) groups excluding carboxylic acids is 2. The van der Waals surface area contributed by atoms with Gasteiger partial charge in [-0.15, -0.1) is 0 Å². The van der Waals surface area contributed by atoms with E-state index in [0.29, 0.717) is 54.4 Å². The minimum absolute atomic E-state index is 0.0722. The van der Waals surface area contributed by atoms with Gasteiger partial charge in [-0.1, -0.05) is 24.3 Å². The van der Waals surface area contributed by atoms with Crippen LogP contribution in [0.2, 0.25) is 0 Å². The summed E-state index contributed by atoms with van der Waals surface area (Å²) in [7, 11) is -6.35. The molecule has 0 unspecified atom stereocenters. The second-order valence-corrected chi connectivity index (χ2v) is 14.2. The van der Waals surface area contributed by atoms with Crippen LogP contribution in [0.1, 0.15) is 26.4 Å². The van der Waals surface area contributed by atoms with Crippen molar-refractivity contribution in [3.05, 3.63) is 65.4 Å². The van der Waals surface area contributed by atoms with Gasteiger partial charge in [0.2, 0.25) is 0 Å². The smallest absolute Gasteiger partial charge is 0.274 e. The van der Waals surface area contributed by atoms with E-state index in [1.807, 2.05) is 0 Å². The predicted molar refractivity (Wildman–Crippen MR) is 145 cm³/mol. The highest BCUT2D eigenvalue weighted by molar-refractivity contribution is 8.24. The Morgan fingerprint density at radius 1 is 0.872 bits per heavy atom. The molecule has 13 heteroatoms. The predicted octanol–water partition coefficient (Wildman–Crippen LogP) is 2.51. The summed E-state index contributed by atoms with van der Waals surface area (Å²) < 4.78 is 53.2. The second-order valence-electron chi connectivity index (χ2n) is 9.80. The summed E-state index contributed by atoms with van der Waals surface area (Å²) in [4.78, 5) is 30.2. The molecule has 0 atom stereocenters. The number of benzene rings is 2. The van der Waals surface area contributed by atoms with Gasteiger partial charge < -0.3 is 14.5 Å². The first-order chi connectivity index (χ1) is 18.6. The van der Waals surface area contributed by atoms with Gasteiger partial charge in [-0.2, -0.15) is 15.7 Å². The molecule has 11 nitrogen and oxygen atoms in total. The Morgan fingerprint density at radius 3 is 2.31 bits per heavy atom. The van der Waals surface area contributed by atoms with Gasteiger partial charge in [0.15, 0.2) is 15.5 Å². The van der Waals surface area contributed by atoms with E-state index in [0.717, 1.165) is 0 Å². The number of amides is 2. The summed E-state index contributed by atoms with van der Waals surface area (Å²) in [5.41, 5.74) is 2.26. The summed E-state index contributed by atoms with van der Waals surface area (Å²) in [6.07, 6.45) is 0. The van der Waals surface area contributed by atoms with Crippen LogP contribution in [-0.4, -0.2) is 99.8 Å². The highest BCUT2D eigenvalue weighted by Gasteiger charge is 2.37. The fourth-order valence-electron chi connectivity index (χ4n) is 5.22. The van der Waals surface area contributed by atoms with Crippen molar-refractivity contribution in [1.82, 2.24) is 19.6 Å². The Kier molecular flexibility index (Phi) is 6.50. The lowest BCUT2D eigenvalue weighted by Crippen LogP contribution is -2.42. The van der Waals surface area contributed by atoms with E-state index < -0.39 is 20.4 Å². The third kappa shape index (κ3) is 4.74. The number of sulfone groups is 1. The molecule has 6 rings (SSSR count). The first-order valence-corrected chi connectivity index (χ1v) is 16.1. The molecule has 0 spiro atoms. The summed E-state index contributed by atoms with van der Waals surface area (Å²) in [6, 6.07) is 13.5. The summed E-state index contributed by atoms with van der Waals surface area (Å²) >= 11 is 0. The molecule has 2 saturated heterocycles. The highest BCUT2D eigenvalue weighted by Crippen LogP contribution is 2.42. The van der Waals surface area contributed by atoms with Gasteiger partial charge >= 0.3 is 0 Å². The van der Waals surface area contributed by atoms with Gasteiger partial charge in [0, 0.05) is 42.9 Å². The molecule has 4 heterocycles. The van der Waals surface area contributed by atoms with E-state index in [-0.39, 0.29) is 52.8 Å². The Labute approximate surface area is 227 Å². The van der Waals surface area contributed by atoms with E-state index in [9.17, 15) is 27.1 Å². The van der Waals surface area contributed by atoms with E-state index in [1.54, 1.807) is 63.0 Å². The Morgan fingerprint density at radius 2 is 1.56 bits per heavy atom. The van der Waals surface area contributed by atoms with Crippen LogP contribution in [0.3, 0.4) is 0 Å². The van der Waals surface area contributed by atoms with Crippen molar-refractivity contribution in [2.45, 2.75) is 10.6 Å². The average Bonchev–Trinajstić information content (AvgIpc) is 3.31. The molecule has 2 amide bonds. The first kappa shape index (κ1) is 26.0. The zero-order valence-electron chi connectivity index (χ0n) is 21.0. The van der Waals surface area contributed by atoms with Crippen LogP contribution in [-0.2, 0) is 20.3 Å². The van der Waals surface area contributed by atoms with Crippen molar-refractivity contribution in [2.24, 2.45) is 0 Å². The van der Waals surface area contributed by atoms with Crippen molar-refractivity contribution >= 4 is 32.2 Å². The molecule has 206 valence electrons. The molecule has 1 aromatic heterocycles. The van der Waals surface area contributed by atoms with Gasteiger partial charge in [0.05, 0.1) is 46.7 Å². The lowest BCUT2D eigenvalue weighted by molar-refractivity contribution is 0.0298. The SMILES string of the molecule is O=C(c1cccc(-n2nc(C(=O)N3CCOCC3)c3c2-c2ccccc2S(=O)(=O)C3)c1)N1CCS(O)(O)CC1. The Balaban J connectivity index is 1.45. The van der Waals surface area contributed by atoms with E-state index in [2.05, 4.69) is 5.10 Å². The van der Waals surface area contributed by atoms with E-state index in [4.69, 9.17) is 4.74 Å². The third-order valence-corrected chi connectivity index (χ3v) is 10.7. The standard InChI is InChI=1S/C26H28N4O7S2/c31-25(29-10-14-38(33,34)15-11-29)18-4-3-5-19(16-18)30-24-20-6-1-2-7-22(20)39(35,36)17-21(24)23(27-30)26(32)28-8-12-37-13-9-28/h1-7,16,33-34H,8-15,17H2. The number of carbonyl (C=O) groups is 2. The van der Waals surface area contributed by atoms with E-state index in [1.165, 1.54) is 0 Å². The monoisotopic (exact) mass is 572 g/mol. The lowest BCUT2D eigenvalue weighted by Gasteiger charge is -2.40. The number of ether oxygens (including phenoxy) is 1. The molecule has 2 N–H and O–H groups in total. The molecule has 0 aliphatic carbocycles. The number of hydrogen-bond donors (Lipinski definition) is 2. The quantitative estimate of drug-likeness (QED) is 0.488. The van der Waals surface area contributed by atoms with Gasteiger partial charge in [-0.3, -0.25) is 18.7 Å². The normalized spacial score (nSPS) is 20.6. The maximum Gasteiger partial charge on any atom is 0.274 e. The van der Waals surface area contributed by atoms with Gasteiger partial charge in [-0.05, 0) is 24.3 Å². The first-order valence-electron chi connectivity index (χ1n) is 12.6. The number of nitrogens with zero attached hydrogens (tertiary/aromatic N) is 4. The number of fused-ring (bicyclic) bond motifs is 3. The van der Waals surface area contributed by atoms with Crippen LogP contribution in [0.15, 0.2) is 53.4 Å². The van der Waals surface area contributed by atoms with Crippen LogP contribution >= 0.6 is 10.6 Å². The molecule has 0 radical (unpaired) electrons. The number of hydrogen-bond acceptors (Lipinski definition) is 8. The molecular weight excluding hydrogens is 544 g/mol. The van der Waals surface area contributed by atoms with Gasteiger partial charge in [-0.25, -0.2) is 13.1 Å². The second kappa shape index (κ2) is 9.75. The molecule has 2 aromatic carbocycles. The zero-order valence-corrected chi connectivity index (χ0v) is 22.7. The fourth-order valence-corrected chi connectivity index (χ4v) is 8.05. The molecule has 0 bridgehead atoms. The van der Waals surface area contributed by atoms with Gasteiger partial charge in [0.25, 0.3) is 11.8 Å². The van der Waals surface area contributed by atoms with Crippen molar-refractivity contribution in [3.63, 3.8) is 0 Å². The molecular formula is C26H28N4O7S2.